The van der Waals surface area contributed by atoms with Crippen LogP contribution in [0.25, 0.3) is 0 Å². The van der Waals surface area contributed by atoms with Crippen molar-refractivity contribution in [2.45, 2.75) is 96.9 Å². The van der Waals surface area contributed by atoms with E-state index in [0.29, 0.717) is 12.8 Å². The second-order valence-corrected chi connectivity index (χ2v) is 10.8. The van der Waals surface area contributed by atoms with Crippen LogP contribution in [0.1, 0.15) is 79.1 Å². The number of hydrogen-bond acceptors (Lipinski definition) is 8. The van der Waals surface area contributed by atoms with E-state index in [0.717, 1.165) is 32.1 Å². The highest BCUT2D eigenvalue weighted by Gasteiger charge is 2.75. The van der Waals surface area contributed by atoms with E-state index in [9.17, 15) is 19.2 Å². The van der Waals surface area contributed by atoms with Crippen LogP contribution in [0.3, 0.4) is 0 Å². The second-order valence-electron chi connectivity index (χ2n) is 10.8. The van der Waals surface area contributed by atoms with Gasteiger partial charge in [-0.05, 0) is 65.7 Å². The van der Waals surface area contributed by atoms with E-state index in [1.165, 1.54) is 0 Å². The maximum Gasteiger partial charge on any atom is 0.344 e. The molecule has 1 aliphatic heterocycles. The van der Waals surface area contributed by atoms with E-state index in [2.05, 4.69) is 0 Å². The zero-order valence-corrected chi connectivity index (χ0v) is 19.4. The molecule has 8 heteroatoms. The van der Waals surface area contributed by atoms with Gasteiger partial charge in [-0.25, -0.2) is 4.79 Å². The lowest BCUT2D eigenvalue weighted by molar-refractivity contribution is -0.179. The van der Waals surface area contributed by atoms with Gasteiger partial charge in [-0.1, -0.05) is 13.3 Å². The normalized spacial score (nSPS) is 34.7. The first-order valence-corrected chi connectivity index (χ1v) is 11.8. The van der Waals surface area contributed by atoms with Gasteiger partial charge >= 0.3 is 23.9 Å². The van der Waals surface area contributed by atoms with E-state index in [-0.39, 0.29) is 18.3 Å². The molecule has 178 valence electrons. The Morgan fingerprint density at radius 2 is 1.84 bits per heavy atom. The lowest BCUT2D eigenvalue weighted by atomic mass is 9.73. The summed E-state index contributed by atoms with van der Waals surface area (Å²) in [4.78, 5) is 50.5. The fraction of sp³-hybridized carbons (Fsp3) is 0.833. The van der Waals surface area contributed by atoms with Crippen molar-refractivity contribution in [2.75, 3.05) is 6.61 Å². The molecule has 8 nitrogen and oxygen atoms in total. The molecule has 5 unspecified atom stereocenters. The summed E-state index contributed by atoms with van der Waals surface area (Å²) in [6.07, 6.45) is 4.90. The lowest BCUT2D eigenvalue weighted by Gasteiger charge is -2.37. The fourth-order valence-corrected chi connectivity index (χ4v) is 5.80. The Bertz CT molecular complexity index is 811. The molecule has 4 aliphatic rings. The minimum Gasteiger partial charge on any atom is -0.459 e. The number of carbonyl (C=O) groups is 4. The fourth-order valence-electron chi connectivity index (χ4n) is 5.80. The van der Waals surface area contributed by atoms with Crippen molar-refractivity contribution in [2.24, 2.45) is 22.7 Å². The van der Waals surface area contributed by atoms with Crippen molar-refractivity contribution in [1.82, 2.24) is 0 Å². The first kappa shape index (κ1) is 23.1. The van der Waals surface area contributed by atoms with Crippen molar-refractivity contribution in [3.05, 3.63) is 0 Å². The average Bonchev–Trinajstić information content (AvgIpc) is 3.35. The van der Waals surface area contributed by atoms with Gasteiger partial charge in [-0.3, -0.25) is 14.4 Å². The third kappa shape index (κ3) is 3.69. The number of rotatable bonds is 7. The standard InChI is InChI=1S/C24H34O8/c1-5-22(2,3)19(26)29-13-16(25)30-17-14-11-15-18(17)31-20(27)24(15,12-14)21(28)32-23(4)9-7-6-8-10-23/h14-15,17-18H,5-13H2,1-4H3. The van der Waals surface area contributed by atoms with Crippen LogP contribution in [0.4, 0.5) is 0 Å². The Labute approximate surface area is 188 Å². The quantitative estimate of drug-likeness (QED) is 0.331. The lowest BCUT2D eigenvalue weighted by Crippen LogP contribution is -2.48. The molecule has 32 heavy (non-hydrogen) atoms. The van der Waals surface area contributed by atoms with E-state index in [1.807, 2.05) is 13.8 Å². The predicted molar refractivity (Wildman–Crippen MR) is 111 cm³/mol. The summed E-state index contributed by atoms with van der Waals surface area (Å²) in [5.41, 5.74) is -2.49. The molecule has 4 rings (SSSR count). The molecule has 3 saturated carbocycles. The molecule has 1 heterocycles. The number of esters is 4. The average molecular weight is 451 g/mol. The Hall–Kier alpha value is -2.12. The predicted octanol–water partition coefficient (Wildman–Crippen LogP) is 3.10. The molecule has 3 aliphatic carbocycles. The molecule has 0 N–H and O–H groups in total. The zero-order chi connectivity index (χ0) is 23.3. The zero-order valence-electron chi connectivity index (χ0n) is 19.4. The molecular weight excluding hydrogens is 416 g/mol. The molecule has 1 saturated heterocycles. The van der Waals surface area contributed by atoms with Crippen LogP contribution in [0, 0.1) is 22.7 Å². The molecule has 4 fully saturated rings. The first-order chi connectivity index (χ1) is 15.0. The molecule has 0 spiro atoms. The summed E-state index contributed by atoms with van der Waals surface area (Å²) in [6.45, 7) is 6.83. The van der Waals surface area contributed by atoms with Crippen molar-refractivity contribution >= 4 is 23.9 Å². The summed E-state index contributed by atoms with van der Waals surface area (Å²) in [6, 6.07) is 0. The maximum absolute atomic E-state index is 13.2. The highest BCUT2D eigenvalue weighted by atomic mass is 16.6. The maximum atomic E-state index is 13.2. The number of fused-ring (bicyclic) bond motifs is 1. The molecule has 0 aromatic carbocycles. The van der Waals surface area contributed by atoms with Gasteiger partial charge in [-0.15, -0.1) is 0 Å². The van der Waals surface area contributed by atoms with Crippen molar-refractivity contribution in [3.8, 4) is 0 Å². The minimum absolute atomic E-state index is 0.158. The minimum atomic E-state index is -1.28. The highest BCUT2D eigenvalue weighted by Crippen LogP contribution is 2.63. The van der Waals surface area contributed by atoms with E-state index in [1.54, 1.807) is 13.8 Å². The summed E-state index contributed by atoms with van der Waals surface area (Å²) >= 11 is 0. The summed E-state index contributed by atoms with van der Waals surface area (Å²) in [5, 5.41) is 0. The van der Waals surface area contributed by atoms with Gasteiger partial charge in [0.1, 0.15) is 17.8 Å². The Kier molecular flexibility index (Phi) is 5.78. The van der Waals surface area contributed by atoms with Gasteiger partial charge in [0.05, 0.1) is 5.41 Å². The third-order valence-electron chi connectivity index (χ3n) is 8.21. The van der Waals surface area contributed by atoms with Crippen molar-refractivity contribution < 1.29 is 38.1 Å². The topological polar surface area (TPSA) is 105 Å². The molecule has 0 aromatic rings. The van der Waals surface area contributed by atoms with Crippen LogP contribution in [0.2, 0.25) is 0 Å². The van der Waals surface area contributed by atoms with Gasteiger partial charge in [0.2, 0.25) is 0 Å². The molecule has 0 amide bonds. The molecule has 2 bridgehead atoms. The molecule has 0 radical (unpaired) electrons. The van der Waals surface area contributed by atoms with Crippen LogP contribution >= 0.6 is 0 Å². The SMILES string of the molecule is CCC(C)(C)C(=O)OCC(=O)OC1C2CC3C1OC(=O)C3(C(=O)OC1(C)CCCCC1)C2. The molecular formula is C24H34O8. The second kappa shape index (κ2) is 8.03. The van der Waals surface area contributed by atoms with Gasteiger partial charge in [0.15, 0.2) is 12.0 Å². The Morgan fingerprint density at radius 1 is 1.16 bits per heavy atom. The van der Waals surface area contributed by atoms with Crippen LogP contribution in [0.5, 0.6) is 0 Å². The third-order valence-corrected chi connectivity index (χ3v) is 8.21. The van der Waals surface area contributed by atoms with Crippen molar-refractivity contribution in [1.29, 1.82) is 0 Å². The van der Waals surface area contributed by atoms with Crippen LogP contribution in [0.15, 0.2) is 0 Å². The number of carbonyl (C=O) groups excluding carboxylic acids is 4. The molecule has 5 atom stereocenters. The monoisotopic (exact) mass is 450 g/mol. The summed E-state index contributed by atoms with van der Waals surface area (Å²) < 4.78 is 22.2. The van der Waals surface area contributed by atoms with Gasteiger partial charge in [0.25, 0.3) is 0 Å². The molecule has 0 aromatic heterocycles. The number of hydrogen-bond donors (Lipinski definition) is 0. The summed E-state index contributed by atoms with van der Waals surface area (Å²) in [7, 11) is 0. The number of ether oxygens (including phenoxy) is 4. The van der Waals surface area contributed by atoms with Gasteiger partial charge < -0.3 is 18.9 Å². The van der Waals surface area contributed by atoms with E-state index < -0.39 is 59.1 Å². The van der Waals surface area contributed by atoms with Crippen LogP contribution < -0.4 is 0 Å². The Morgan fingerprint density at radius 3 is 2.50 bits per heavy atom. The highest BCUT2D eigenvalue weighted by molar-refractivity contribution is 6.03. The van der Waals surface area contributed by atoms with Gasteiger partial charge in [0, 0.05) is 11.8 Å². The van der Waals surface area contributed by atoms with Crippen molar-refractivity contribution in [3.63, 3.8) is 0 Å². The van der Waals surface area contributed by atoms with E-state index in [4.69, 9.17) is 18.9 Å². The first-order valence-electron chi connectivity index (χ1n) is 11.8. The summed E-state index contributed by atoms with van der Waals surface area (Å²) in [5.74, 6) is -2.69. The van der Waals surface area contributed by atoms with Crippen LogP contribution in [-0.4, -0.2) is 48.3 Å². The van der Waals surface area contributed by atoms with Crippen LogP contribution in [-0.2, 0) is 38.1 Å². The van der Waals surface area contributed by atoms with E-state index >= 15 is 0 Å². The smallest absolute Gasteiger partial charge is 0.344 e. The van der Waals surface area contributed by atoms with Gasteiger partial charge in [-0.2, -0.15) is 0 Å². The largest absolute Gasteiger partial charge is 0.459 e. The Balaban J connectivity index is 1.38.